The number of nitrogens with zero attached hydrogens (tertiary/aromatic N) is 2. The molecule has 1 aromatic heterocycles. The number of carbonyl (C=O) groups is 1. The molecule has 0 aliphatic carbocycles. The molecule has 0 bridgehead atoms. The summed E-state index contributed by atoms with van der Waals surface area (Å²) in [4.78, 5) is 16.0. The number of fused-ring (bicyclic) bond motifs is 1. The zero-order valence-electron chi connectivity index (χ0n) is 10.5. The molecule has 0 radical (unpaired) electrons. The van der Waals surface area contributed by atoms with Crippen LogP contribution in [0.15, 0.2) is 24.3 Å². The monoisotopic (exact) mass is 240 g/mol. The summed E-state index contributed by atoms with van der Waals surface area (Å²) in [6.45, 7) is 2.98. The molecule has 18 heavy (non-hydrogen) atoms. The number of rotatable bonds is 2. The van der Waals surface area contributed by atoms with Gasteiger partial charge in [-0.25, -0.2) is 4.98 Å². The standard InChI is InChI=1S/C15H16N2O/c1-11-5-7-12(8-6-11)15-13(10-18)17-9-3-2-4-14(17)16-15/h5-8,10H,2-4,9H2,1H3. The van der Waals surface area contributed by atoms with Gasteiger partial charge in [0.05, 0.1) is 5.69 Å². The third-order valence-electron chi connectivity index (χ3n) is 3.55. The summed E-state index contributed by atoms with van der Waals surface area (Å²) in [6.07, 6.45) is 4.23. The molecule has 0 saturated carbocycles. The Kier molecular flexibility index (Phi) is 2.74. The van der Waals surface area contributed by atoms with Crippen molar-refractivity contribution in [1.82, 2.24) is 9.55 Å². The minimum absolute atomic E-state index is 0.730. The molecule has 2 heterocycles. The summed E-state index contributed by atoms with van der Waals surface area (Å²) in [7, 11) is 0. The van der Waals surface area contributed by atoms with Gasteiger partial charge in [-0.1, -0.05) is 29.8 Å². The van der Waals surface area contributed by atoms with Gasteiger partial charge in [0.15, 0.2) is 6.29 Å². The van der Waals surface area contributed by atoms with Crippen molar-refractivity contribution in [2.75, 3.05) is 0 Å². The lowest BCUT2D eigenvalue weighted by Crippen LogP contribution is -2.12. The molecule has 92 valence electrons. The summed E-state index contributed by atoms with van der Waals surface area (Å²) in [5.74, 6) is 1.05. The zero-order valence-corrected chi connectivity index (χ0v) is 10.5. The van der Waals surface area contributed by atoms with Gasteiger partial charge in [-0.15, -0.1) is 0 Å². The number of benzene rings is 1. The van der Waals surface area contributed by atoms with Crippen LogP contribution in [0.4, 0.5) is 0 Å². The van der Waals surface area contributed by atoms with Crippen LogP contribution in [0.25, 0.3) is 11.3 Å². The van der Waals surface area contributed by atoms with Crippen LogP contribution in [0.2, 0.25) is 0 Å². The van der Waals surface area contributed by atoms with Crippen LogP contribution >= 0.6 is 0 Å². The topological polar surface area (TPSA) is 34.9 Å². The van der Waals surface area contributed by atoms with Crippen LogP contribution in [0.3, 0.4) is 0 Å². The van der Waals surface area contributed by atoms with E-state index in [1.807, 2.05) is 12.1 Å². The van der Waals surface area contributed by atoms with Crippen LogP contribution < -0.4 is 0 Å². The van der Waals surface area contributed by atoms with E-state index in [0.29, 0.717) is 0 Å². The van der Waals surface area contributed by atoms with Crippen molar-refractivity contribution in [2.24, 2.45) is 0 Å². The minimum atomic E-state index is 0.730. The molecular weight excluding hydrogens is 224 g/mol. The molecule has 1 aliphatic heterocycles. The average molecular weight is 240 g/mol. The number of aromatic nitrogens is 2. The van der Waals surface area contributed by atoms with E-state index in [1.54, 1.807) is 0 Å². The second kappa shape index (κ2) is 4.41. The number of hydrogen-bond acceptors (Lipinski definition) is 2. The Morgan fingerprint density at radius 3 is 2.72 bits per heavy atom. The Bertz CT molecular complexity index is 581. The molecule has 0 spiro atoms. The molecule has 0 atom stereocenters. The summed E-state index contributed by atoms with van der Waals surface area (Å²) < 4.78 is 2.08. The quantitative estimate of drug-likeness (QED) is 0.756. The lowest BCUT2D eigenvalue weighted by Gasteiger charge is -2.13. The van der Waals surface area contributed by atoms with Crippen LogP contribution in [0.1, 0.15) is 34.7 Å². The molecule has 1 aromatic carbocycles. The van der Waals surface area contributed by atoms with E-state index >= 15 is 0 Å². The molecule has 3 heteroatoms. The number of aryl methyl sites for hydroxylation is 2. The van der Waals surface area contributed by atoms with Gasteiger partial charge in [0.2, 0.25) is 0 Å². The molecule has 0 saturated heterocycles. The normalized spacial score (nSPS) is 14.3. The van der Waals surface area contributed by atoms with E-state index < -0.39 is 0 Å². The third kappa shape index (κ3) is 1.76. The van der Waals surface area contributed by atoms with E-state index in [-0.39, 0.29) is 0 Å². The number of carbonyl (C=O) groups excluding carboxylic acids is 1. The summed E-state index contributed by atoms with van der Waals surface area (Å²) in [6, 6.07) is 8.19. The van der Waals surface area contributed by atoms with Gasteiger partial charge >= 0.3 is 0 Å². The molecular formula is C15H16N2O. The van der Waals surface area contributed by atoms with Crippen molar-refractivity contribution >= 4 is 6.29 Å². The Morgan fingerprint density at radius 1 is 1.22 bits per heavy atom. The first-order chi connectivity index (χ1) is 8.79. The predicted octanol–water partition coefficient (Wildman–Crippen LogP) is 3.01. The van der Waals surface area contributed by atoms with Crippen molar-refractivity contribution < 1.29 is 4.79 Å². The Balaban J connectivity index is 2.14. The molecule has 2 aromatic rings. The van der Waals surface area contributed by atoms with Gasteiger partial charge in [-0.05, 0) is 19.8 Å². The van der Waals surface area contributed by atoms with E-state index in [2.05, 4.69) is 28.6 Å². The number of aldehydes is 1. The van der Waals surface area contributed by atoms with Crippen LogP contribution in [0.5, 0.6) is 0 Å². The fourth-order valence-electron chi connectivity index (χ4n) is 2.55. The van der Waals surface area contributed by atoms with E-state index in [0.717, 1.165) is 48.4 Å². The largest absolute Gasteiger partial charge is 0.325 e. The van der Waals surface area contributed by atoms with Crippen LogP contribution in [-0.4, -0.2) is 15.8 Å². The summed E-state index contributed by atoms with van der Waals surface area (Å²) in [5.41, 5.74) is 3.82. The SMILES string of the molecule is Cc1ccc(-c2nc3n(c2C=O)CCCC3)cc1. The first-order valence-electron chi connectivity index (χ1n) is 6.41. The maximum absolute atomic E-state index is 11.3. The lowest BCUT2D eigenvalue weighted by molar-refractivity contribution is 0.111. The van der Waals surface area contributed by atoms with Crippen LogP contribution in [0, 0.1) is 6.92 Å². The van der Waals surface area contributed by atoms with Crippen molar-refractivity contribution in [3.63, 3.8) is 0 Å². The molecule has 3 rings (SSSR count). The summed E-state index contributed by atoms with van der Waals surface area (Å²) in [5, 5.41) is 0. The van der Waals surface area contributed by atoms with Crippen molar-refractivity contribution in [3.05, 3.63) is 41.3 Å². The van der Waals surface area contributed by atoms with E-state index in [4.69, 9.17) is 0 Å². The fraction of sp³-hybridized carbons (Fsp3) is 0.333. The molecule has 1 aliphatic rings. The molecule has 3 nitrogen and oxygen atoms in total. The van der Waals surface area contributed by atoms with Gasteiger partial charge in [-0.2, -0.15) is 0 Å². The second-order valence-corrected chi connectivity index (χ2v) is 4.85. The van der Waals surface area contributed by atoms with Crippen molar-refractivity contribution in [3.8, 4) is 11.3 Å². The number of hydrogen-bond donors (Lipinski definition) is 0. The zero-order chi connectivity index (χ0) is 12.5. The van der Waals surface area contributed by atoms with E-state index in [1.165, 1.54) is 12.0 Å². The third-order valence-corrected chi connectivity index (χ3v) is 3.55. The molecule has 0 unspecified atom stereocenters. The predicted molar refractivity (Wildman–Crippen MR) is 70.7 cm³/mol. The van der Waals surface area contributed by atoms with Gasteiger partial charge < -0.3 is 4.57 Å². The van der Waals surface area contributed by atoms with Crippen molar-refractivity contribution in [2.45, 2.75) is 32.7 Å². The highest BCUT2D eigenvalue weighted by molar-refractivity contribution is 5.84. The lowest BCUT2D eigenvalue weighted by atomic mass is 10.1. The molecule has 0 amide bonds. The fourth-order valence-corrected chi connectivity index (χ4v) is 2.55. The second-order valence-electron chi connectivity index (χ2n) is 4.85. The maximum Gasteiger partial charge on any atom is 0.168 e. The number of imidazole rings is 1. The molecule has 0 fully saturated rings. The first kappa shape index (κ1) is 11.2. The van der Waals surface area contributed by atoms with Gasteiger partial charge in [0.25, 0.3) is 0 Å². The Morgan fingerprint density at radius 2 is 2.00 bits per heavy atom. The highest BCUT2D eigenvalue weighted by Crippen LogP contribution is 2.26. The first-order valence-corrected chi connectivity index (χ1v) is 6.41. The van der Waals surface area contributed by atoms with Gasteiger partial charge in [0.1, 0.15) is 11.5 Å². The smallest absolute Gasteiger partial charge is 0.168 e. The van der Waals surface area contributed by atoms with Gasteiger partial charge in [-0.3, -0.25) is 4.79 Å². The average Bonchev–Trinajstić information content (AvgIpc) is 2.78. The molecule has 0 N–H and O–H groups in total. The van der Waals surface area contributed by atoms with Crippen molar-refractivity contribution in [1.29, 1.82) is 0 Å². The highest BCUT2D eigenvalue weighted by atomic mass is 16.1. The maximum atomic E-state index is 11.3. The minimum Gasteiger partial charge on any atom is -0.325 e. The van der Waals surface area contributed by atoms with E-state index in [9.17, 15) is 4.79 Å². The van der Waals surface area contributed by atoms with Gasteiger partial charge in [0, 0.05) is 18.5 Å². The van der Waals surface area contributed by atoms with Crippen LogP contribution in [-0.2, 0) is 13.0 Å². The summed E-state index contributed by atoms with van der Waals surface area (Å²) >= 11 is 0. The Hall–Kier alpha value is -1.90. The highest BCUT2D eigenvalue weighted by Gasteiger charge is 2.19. The Labute approximate surface area is 106 Å².